The van der Waals surface area contributed by atoms with Gasteiger partial charge in [0.1, 0.15) is 11.3 Å². The molecule has 0 aliphatic heterocycles. The largest absolute Gasteiger partial charge is 0.456 e. The summed E-state index contributed by atoms with van der Waals surface area (Å²) in [4.78, 5) is 0. The van der Waals surface area contributed by atoms with Gasteiger partial charge in [0.25, 0.3) is 0 Å². The van der Waals surface area contributed by atoms with E-state index in [4.69, 9.17) is 4.42 Å². The van der Waals surface area contributed by atoms with Gasteiger partial charge in [-0.1, -0.05) is 73.3 Å². The third-order valence-electron chi connectivity index (χ3n) is 8.62. The lowest BCUT2D eigenvalue weighted by Gasteiger charge is -2.17. The van der Waals surface area contributed by atoms with Crippen molar-refractivity contribution < 1.29 is 4.42 Å². The molecule has 0 saturated carbocycles. The molecule has 1 aliphatic rings. The molecule has 0 atom stereocenters. The molecule has 3 aromatic heterocycles. The van der Waals surface area contributed by atoms with Crippen LogP contribution in [0, 0.1) is 11.3 Å². The molecular formula is C38H27N3O. The number of hydrogen-bond acceptors (Lipinski definition) is 2. The van der Waals surface area contributed by atoms with Crippen molar-refractivity contribution in [1.82, 2.24) is 9.13 Å². The molecule has 200 valence electrons. The Morgan fingerprint density at radius 3 is 2.12 bits per heavy atom. The zero-order chi connectivity index (χ0) is 28.4. The van der Waals surface area contributed by atoms with Crippen molar-refractivity contribution in [3.63, 3.8) is 0 Å². The number of aryl methyl sites for hydroxylation is 1. The van der Waals surface area contributed by atoms with Gasteiger partial charge in [0, 0.05) is 32.8 Å². The fourth-order valence-corrected chi connectivity index (χ4v) is 6.76. The fraction of sp³-hybridized carbons (Fsp3) is 0.0789. The van der Waals surface area contributed by atoms with Gasteiger partial charge in [0.2, 0.25) is 0 Å². The first-order valence-electron chi connectivity index (χ1n) is 14.3. The highest BCUT2D eigenvalue weighted by Gasteiger charge is 2.23. The number of allylic oxidation sites excluding steroid dienone is 6. The van der Waals surface area contributed by atoms with E-state index in [0.717, 1.165) is 68.4 Å². The molecule has 0 amide bonds. The average molecular weight is 542 g/mol. The molecule has 4 aromatic carbocycles. The van der Waals surface area contributed by atoms with Gasteiger partial charge >= 0.3 is 0 Å². The second-order valence-corrected chi connectivity index (χ2v) is 10.8. The summed E-state index contributed by atoms with van der Waals surface area (Å²) in [5.74, 6) is 0.964. The summed E-state index contributed by atoms with van der Waals surface area (Å²) in [5, 5.41) is 15.8. The van der Waals surface area contributed by atoms with Crippen LogP contribution in [-0.4, -0.2) is 9.13 Å². The third-order valence-corrected chi connectivity index (χ3v) is 8.62. The zero-order valence-electron chi connectivity index (χ0n) is 23.3. The molecule has 0 radical (unpaired) electrons. The lowest BCUT2D eigenvalue weighted by Crippen LogP contribution is -2.03. The topological polar surface area (TPSA) is 46.8 Å². The first-order valence-corrected chi connectivity index (χ1v) is 14.3. The molecule has 7 aromatic rings. The van der Waals surface area contributed by atoms with E-state index in [9.17, 15) is 5.26 Å². The van der Waals surface area contributed by atoms with Gasteiger partial charge in [0.05, 0.1) is 44.8 Å². The molecule has 0 saturated heterocycles. The van der Waals surface area contributed by atoms with E-state index in [1.807, 2.05) is 6.08 Å². The number of nitriles is 1. The smallest absolute Gasteiger partial charge is 0.145 e. The molecule has 0 unspecified atom stereocenters. The van der Waals surface area contributed by atoms with Crippen LogP contribution in [0.25, 0.3) is 72.1 Å². The maximum Gasteiger partial charge on any atom is 0.145 e. The minimum Gasteiger partial charge on any atom is -0.456 e. The van der Waals surface area contributed by atoms with Gasteiger partial charge in [-0.15, -0.1) is 0 Å². The predicted molar refractivity (Wildman–Crippen MR) is 175 cm³/mol. The monoisotopic (exact) mass is 541 g/mol. The number of rotatable bonds is 4. The van der Waals surface area contributed by atoms with Crippen LogP contribution in [-0.2, 0) is 6.42 Å². The minimum atomic E-state index is 0.500. The van der Waals surface area contributed by atoms with Gasteiger partial charge in [-0.25, -0.2) is 0 Å². The lowest BCUT2D eigenvalue weighted by atomic mass is 10.00. The van der Waals surface area contributed by atoms with E-state index in [2.05, 4.69) is 126 Å². The van der Waals surface area contributed by atoms with E-state index in [-0.39, 0.29) is 0 Å². The van der Waals surface area contributed by atoms with Crippen LogP contribution in [0.1, 0.15) is 24.7 Å². The van der Waals surface area contributed by atoms with Crippen molar-refractivity contribution in [2.45, 2.75) is 19.8 Å². The standard InChI is InChI=1S/C38H27N3O/c1-3-25(23-39)22-35(41-31-16-8-4-12-26(31)27-13-5-9-17-32(27)41)24(2)40-33-18-10-6-15-30(33)37-34(40)21-20-29-28-14-7-11-19-36(28)42-38(29)37/h3-6,8-13,15-22H,1,7,14H2,2H3/b25-22+,35-24-. The van der Waals surface area contributed by atoms with Crippen LogP contribution in [0.15, 0.2) is 120 Å². The first kappa shape index (κ1) is 24.3. The van der Waals surface area contributed by atoms with Crippen molar-refractivity contribution in [1.29, 1.82) is 5.26 Å². The second kappa shape index (κ2) is 9.26. The number of benzene rings is 4. The van der Waals surface area contributed by atoms with Crippen molar-refractivity contribution in [3.8, 4) is 6.07 Å². The average Bonchev–Trinajstić information content (AvgIpc) is 3.69. The highest BCUT2D eigenvalue weighted by Crippen LogP contribution is 2.42. The van der Waals surface area contributed by atoms with E-state index in [1.54, 1.807) is 6.08 Å². The SMILES string of the molecule is C=C/C(C#N)=C\C(=C(/C)n1c2ccccc2c2c3oc4c(c3ccc21)CCC=C4)n1c2ccccc2c2ccccc21. The Balaban J connectivity index is 1.54. The Kier molecular flexibility index (Phi) is 5.35. The number of nitrogens with zero attached hydrogens (tertiary/aromatic N) is 3. The van der Waals surface area contributed by atoms with Crippen LogP contribution in [0.5, 0.6) is 0 Å². The zero-order valence-corrected chi connectivity index (χ0v) is 23.3. The molecule has 0 fully saturated rings. The third kappa shape index (κ3) is 3.34. The Morgan fingerprint density at radius 1 is 0.810 bits per heavy atom. The molecule has 4 heteroatoms. The Bertz CT molecular complexity index is 2340. The van der Waals surface area contributed by atoms with Gasteiger partial charge in [-0.3, -0.25) is 0 Å². The van der Waals surface area contributed by atoms with Crippen molar-refractivity contribution in [3.05, 3.63) is 127 Å². The summed E-state index contributed by atoms with van der Waals surface area (Å²) in [5.41, 5.74) is 8.96. The van der Waals surface area contributed by atoms with E-state index in [0.29, 0.717) is 5.57 Å². The first-order chi connectivity index (χ1) is 20.7. The molecule has 3 heterocycles. The maximum atomic E-state index is 10.0. The maximum absolute atomic E-state index is 10.0. The fourth-order valence-electron chi connectivity index (χ4n) is 6.76. The lowest BCUT2D eigenvalue weighted by molar-refractivity contribution is 0.598. The molecule has 8 rings (SSSR count). The number of fused-ring (bicyclic) bond motifs is 10. The Morgan fingerprint density at radius 2 is 1.45 bits per heavy atom. The number of hydrogen-bond donors (Lipinski definition) is 0. The van der Waals surface area contributed by atoms with Gasteiger partial charge in [0.15, 0.2) is 0 Å². The number of para-hydroxylation sites is 3. The van der Waals surface area contributed by atoms with Crippen LogP contribution in [0.3, 0.4) is 0 Å². The van der Waals surface area contributed by atoms with Crippen molar-refractivity contribution >= 4 is 72.1 Å². The predicted octanol–water partition coefficient (Wildman–Crippen LogP) is 10.1. The van der Waals surface area contributed by atoms with Crippen molar-refractivity contribution in [2.75, 3.05) is 0 Å². The minimum absolute atomic E-state index is 0.500. The normalized spacial score (nSPS) is 14.1. The van der Waals surface area contributed by atoms with E-state index < -0.39 is 0 Å². The van der Waals surface area contributed by atoms with Gasteiger partial charge in [-0.2, -0.15) is 5.26 Å². The molecule has 4 nitrogen and oxygen atoms in total. The molecular weight excluding hydrogens is 514 g/mol. The molecule has 1 aliphatic carbocycles. The second-order valence-electron chi connectivity index (χ2n) is 10.8. The summed E-state index contributed by atoms with van der Waals surface area (Å²) < 4.78 is 11.2. The Labute approximate surface area is 243 Å². The molecule has 0 N–H and O–H groups in total. The number of furan rings is 1. The van der Waals surface area contributed by atoms with Crippen molar-refractivity contribution in [2.24, 2.45) is 0 Å². The summed E-state index contributed by atoms with van der Waals surface area (Å²) in [6.45, 7) is 6.07. The number of aromatic nitrogens is 2. The molecule has 0 bridgehead atoms. The van der Waals surface area contributed by atoms with Crippen LogP contribution in [0.4, 0.5) is 0 Å². The summed E-state index contributed by atoms with van der Waals surface area (Å²) in [7, 11) is 0. The summed E-state index contributed by atoms with van der Waals surface area (Å²) in [6, 6.07) is 32.2. The van der Waals surface area contributed by atoms with Gasteiger partial charge < -0.3 is 13.6 Å². The molecule has 42 heavy (non-hydrogen) atoms. The van der Waals surface area contributed by atoms with Gasteiger partial charge in [-0.05, 0) is 62.2 Å². The van der Waals surface area contributed by atoms with E-state index in [1.165, 1.54) is 21.7 Å². The van der Waals surface area contributed by atoms with E-state index >= 15 is 0 Å². The highest BCUT2D eigenvalue weighted by molar-refractivity contribution is 6.21. The summed E-state index contributed by atoms with van der Waals surface area (Å²) in [6.07, 6.45) is 9.90. The quantitative estimate of drug-likeness (QED) is 0.164. The Hall–Kier alpha value is -5.53. The highest BCUT2D eigenvalue weighted by atomic mass is 16.3. The van der Waals surface area contributed by atoms with Crippen LogP contribution < -0.4 is 0 Å². The van der Waals surface area contributed by atoms with Crippen LogP contribution >= 0.6 is 0 Å². The summed E-state index contributed by atoms with van der Waals surface area (Å²) >= 11 is 0. The van der Waals surface area contributed by atoms with Crippen LogP contribution in [0.2, 0.25) is 0 Å². The molecule has 0 spiro atoms.